The van der Waals surface area contributed by atoms with Gasteiger partial charge in [-0.3, -0.25) is 0 Å². The van der Waals surface area contributed by atoms with Crippen LogP contribution in [0.2, 0.25) is 5.02 Å². The molecule has 116 valence electrons. The van der Waals surface area contributed by atoms with Gasteiger partial charge in [0.15, 0.2) is 11.4 Å². The monoisotopic (exact) mass is 323 g/mol. The maximum atomic E-state index is 11.9. The predicted molar refractivity (Wildman–Crippen MR) is 79.4 cm³/mol. The Bertz CT molecular complexity index is 727. The van der Waals surface area contributed by atoms with Crippen LogP contribution in [0, 0.1) is 0 Å². The number of rotatable bonds is 5. The first-order valence-corrected chi connectivity index (χ1v) is 6.85. The number of halogens is 1. The summed E-state index contributed by atoms with van der Waals surface area (Å²) in [6.07, 6.45) is 0. The van der Waals surface area contributed by atoms with Gasteiger partial charge in [-0.05, 0) is 25.1 Å². The number of aromatic carboxylic acids is 1. The summed E-state index contributed by atoms with van der Waals surface area (Å²) in [5.74, 6) is -1.96. The molecule has 0 aliphatic rings. The Morgan fingerprint density at radius 3 is 2.73 bits per heavy atom. The molecule has 0 aliphatic carbocycles. The molecule has 7 nitrogen and oxygen atoms in total. The molecule has 0 saturated heterocycles. The smallest absolute Gasteiger partial charge is 0.359 e. The summed E-state index contributed by atoms with van der Waals surface area (Å²) in [4.78, 5) is 23.5. The van der Waals surface area contributed by atoms with Gasteiger partial charge in [0.05, 0.1) is 12.3 Å². The summed E-state index contributed by atoms with van der Waals surface area (Å²) in [7, 11) is 0. The Morgan fingerprint density at radius 2 is 2.18 bits per heavy atom. The van der Waals surface area contributed by atoms with Crippen molar-refractivity contribution in [2.45, 2.75) is 13.5 Å². The molecule has 0 fully saturated rings. The van der Waals surface area contributed by atoms with Crippen LogP contribution in [-0.4, -0.2) is 33.4 Å². The Labute approximate surface area is 131 Å². The van der Waals surface area contributed by atoms with Crippen LogP contribution in [0.15, 0.2) is 24.3 Å². The van der Waals surface area contributed by atoms with E-state index in [9.17, 15) is 14.7 Å². The molecule has 0 amide bonds. The van der Waals surface area contributed by atoms with Crippen molar-refractivity contribution in [3.63, 3.8) is 0 Å². The number of carbonyl (C=O) groups is 2. The van der Waals surface area contributed by atoms with Crippen LogP contribution in [0.25, 0.3) is 5.69 Å². The molecule has 0 saturated carbocycles. The third kappa shape index (κ3) is 2.95. The van der Waals surface area contributed by atoms with E-state index < -0.39 is 11.9 Å². The van der Waals surface area contributed by atoms with Crippen LogP contribution in [-0.2, 0) is 11.3 Å². The van der Waals surface area contributed by atoms with Crippen LogP contribution >= 0.6 is 11.6 Å². The molecule has 0 spiro atoms. The number of hydrogen-bond donors (Lipinski definition) is 2. The second-order valence-electron chi connectivity index (χ2n) is 4.30. The molecule has 3 N–H and O–H groups in total. The second kappa shape index (κ2) is 6.59. The van der Waals surface area contributed by atoms with Crippen LogP contribution in [0.3, 0.4) is 0 Å². The van der Waals surface area contributed by atoms with Crippen molar-refractivity contribution in [1.29, 1.82) is 0 Å². The van der Waals surface area contributed by atoms with Crippen molar-refractivity contribution in [2.75, 3.05) is 6.61 Å². The Balaban J connectivity index is 2.68. The molecule has 0 atom stereocenters. The van der Waals surface area contributed by atoms with Crippen LogP contribution < -0.4 is 5.73 Å². The zero-order valence-electron chi connectivity index (χ0n) is 11.7. The standard InChI is InChI=1S/C14H14ClN3O4/c1-2-22-14(21)11-10(7-16)12(13(19)20)18(17-11)9-5-3-4-8(15)6-9/h3-6H,2,7,16H2,1H3,(H,19,20). The van der Waals surface area contributed by atoms with Gasteiger partial charge in [0, 0.05) is 17.1 Å². The lowest BCUT2D eigenvalue weighted by atomic mass is 10.1. The molecule has 0 aliphatic heterocycles. The normalized spacial score (nSPS) is 10.5. The highest BCUT2D eigenvalue weighted by atomic mass is 35.5. The summed E-state index contributed by atoms with van der Waals surface area (Å²) in [6.45, 7) is 1.64. The quantitative estimate of drug-likeness (QED) is 0.813. The number of nitrogens with two attached hydrogens (primary N) is 1. The number of esters is 1. The van der Waals surface area contributed by atoms with E-state index in [4.69, 9.17) is 22.1 Å². The number of carbonyl (C=O) groups excluding carboxylic acids is 1. The van der Waals surface area contributed by atoms with Gasteiger partial charge in [-0.2, -0.15) is 5.10 Å². The minimum absolute atomic E-state index is 0.110. The first kappa shape index (κ1) is 16.0. The zero-order valence-corrected chi connectivity index (χ0v) is 12.5. The fourth-order valence-electron chi connectivity index (χ4n) is 2.02. The first-order valence-electron chi connectivity index (χ1n) is 6.47. The van der Waals surface area contributed by atoms with Gasteiger partial charge >= 0.3 is 11.9 Å². The minimum Gasteiger partial charge on any atom is -0.476 e. The van der Waals surface area contributed by atoms with Gasteiger partial charge in [0.25, 0.3) is 0 Å². The summed E-state index contributed by atoms with van der Waals surface area (Å²) >= 11 is 5.91. The molecule has 0 bridgehead atoms. The fourth-order valence-corrected chi connectivity index (χ4v) is 2.21. The molecule has 1 heterocycles. The first-order chi connectivity index (χ1) is 10.5. The van der Waals surface area contributed by atoms with Gasteiger partial charge in [0.2, 0.25) is 0 Å². The minimum atomic E-state index is -1.25. The highest BCUT2D eigenvalue weighted by Gasteiger charge is 2.27. The maximum absolute atomic E-state index is 11.9. The molecule has 2 aromatic rings. The van der Waals surface area contributed by atoms with Gasteiger partial charge in [0.1, 0.15) is 0 Å². The third-order valence-corrected chi connectivity index (χ3v) is 3.15. The molecule has 0 radical (unpaired) electrons. The van der Waals surface area contributed by atoms with Crippen LogP contribution in [0.4, 0.5) is 0 Å². The van der Waals surface area contributed by atoms with Crippen molar-refractivity contribution in [3.8, 4) is 5.69 Å². The summed E-state index contributed by atoms with van der Waals surface area (Å²) in [6, 6.07) is 6.46. The topological polar surface area (TPSA) is 107 Å². The number of benzene rings is 1. The van der Waals surface area contributed by atoms with E-state index in [2.05, 4.69) is 5.10 Å². The number of carboxylic acid groups (broad SMARTS) is 1. The third-order valence-electron chi connectivity index (χ3n) is 2.91. The van der Waals surface area contributed by atoms with E-state index in [1.807, 2.05) is 0 Å². The van der Waals surface area contributed by atoms with Gasteiger partial charge in [-0.25, -0.2) is 14.3 Å². The van der Waals surface area contributed by atoms with E-state index in [1.54, 1.807) is 25.1 Å². The number of ether oxygens (including phenoxy) is 1. The van der Waals surface area contributed by atoms with Crippen molar-refractivity contribution in [2.24, 2.45) is 5.73 Å². The number of hydrogen-bond acceptors (Lipinski definition) is 5. The number of aromatic nitrogens is 2. The van der Waals surface area contributed by atoms with Gasteiger partial charge in [-0.1, -0.05) is 17.7 Å². The lowest BCUT2D eigenvalue weighted by Gasteiger charge is -2.05. The lowest BCUT2D eigenvalue weighted by molar-refractivity contribution is 0.0517. The average molecular weight is 324 g/mol. The summed E-state index contributed by atoms with van der Waals surface area (Å²) in [5, 5.41) is 13.9. The lowest BCUT2D eigenvalue weighted by Crippen LogP contribution is -2.13. The fraction of sp³-hybridized carbons (Fsp3) is 0.214. The average Bonchev–Trinajstić information content (AvgIpc) is 2.87. The molecule has 8 heteroatoms. The second-order valence-corrected chi connectivity index (χ2v) is 4.73. The molecule has 22 heavy (non-hydrogen) atoms. The Morgan fingerprint density at radius 1 is 1.45 bits per heavy atom. The highest BCUT2D eigenvalue weighted by molar-refractivity contribution is 6.30. The maximum Gasteiger partial charge on any atom is 0.359 e. The van der Waals surface area contributed by atoms with Gasteiger partial charge in [-0.15, -0.1) is 0 Å². The predicted octanol–water partition coefficient (Wildman–Crippen LogP) is 1.86. The summed E-state index contributed by atoms with van der Waals surface area (Å²) < 4.78 is 6.02. The number of carboxylic acids is 1. The molecular formula is C14H14ClN3O4. The van der Waals surface area contributed by atoms with Crippen molar-refractivity contribution in [3.05, 3.63) is 46.2 Å². The molecule has 1 aromatic heterocycles. The van der Waals surface area contributed by atoms with E-state index >= 15 is 0 Å². The van der Waals surface area contributed by atoms with Crippen LogP contribution in [0.5, 0.6) is 0 Å². The number of nitrogens with zero attached hydrogens (tertiary/aromatic N) is 2. The molecule has 2 rings (SSSR count). The highest BCUT2D eigenvalue weighted by Crippen LogP contribution is 2.22. The van der Waals surface area contributed by atoms with E-state index in [1.165, 1.54) is 6.07 Å². The molecule has 1 aromatic carbocycles. The van der Waals surface area contributed by atoms with E-state index in [0.29, 0.717) is 10.7 Å². The Kier molecular flexibility index (Phi) is 4.79. The van der Waals surface area contributed by atoms with Crippen molar-refractivity contribution < 1.29 is 19.4 Å². The molecular weight excluding hydrogens is 310 g/mol. The van der Waals surface area contributed by atoms with Crippen molar-refractivity contribution >= 4 is 23.5 Å². The van der Waals surface area contributed by atoms with E-state index in [0.717, 1.165) is 4.68 Å². The van der Waals surface area contributed by atoms with Crippen molar-refractivity contribution in [1.82, 2.24) is 9.78 Å². The van der Waals surface area contributed by atoms with E-state index in [-0.39, 0.29) is 30.1 Å². The largest absolute Gasteiger partial charge is 0.476 e. The molecule has 0 unspecified atom stereocenters. The SMILES string of the molecule is CCOC(=O)c1nn(-c2cccc(Cl)c2)c(C(=O)O)c1CN. The Hall–Kier alpha value is -2.38. The zero-order chi connectivity index (χ0) is 16.3. The summed E-state index contributed by atoms with van der Waals surface area (Å²) in [5.41, 5.74) is 5.83. The van der Waals surface area contributed by atoms with Crippen LogP contribution in [0.1, 0.15) is 33.5 Å². The van der Waals surface area contributed by atoms with Gasteiger partial charge < -0.3 is 15.6 Å².